The zero-order chi connectivity index (χ0) is 27.9. The van der Waals surface area contributed by atoms with E-state index < -0.39 is 17.4 Å². The van der Waals surface area contributed by atoms with E-state index in [2.05, 4.69) is 10.1 Å². The number of pyridine rings is 1. The first-order chi connectivity index (χ1) is 19.3. The van der Waals surface area contributed by atoms with E-state index in [4.69, 9.17) is 4.52 Å². The lowest BCUT2D eigenvalue weighted by Gasteiger charge is -2.13. The summed E-state index contributed by atoms with van der Waals surface area (Å²) in [7, 11) is 0. The Bertz CT molecular complexity index is 1850. The average Bonchev–Trinajstić information content (AvgIpc) is 3.52. The molecule has 0 aliphatic carbocycles. The van der Waals surface area contributed by atoms with Gasteiger partial charge in [0.2, 0.25) is 0 Å². The molecule has 0 saturated heterocycles. The highest BCUT2D eigenvalue weighted by atomic mass is 19.4. The molecule has 3 aromatic carbocycles. The highest BCUT2D eigenvalue weighted by molar-refractivity contribution is 5.81. The van der Waals surface area contributed by atoms with E-state index in [-0.39, 0.29) is 35.7 Å². The van der Waals surface area contributed by atoms with Crippen LogP contribution in [0.2, 0.25) is 0 Å². The molecule has 200 valence electrons. The first kappa shape index (κ1) is 25.4. The molecule has 0 aliphatic rings. The van der Waals surface area contributed by atoms with Gasteiger partial charge in [-0.15, -0.1) is 0 Å². The lowest BCUT2D eigenvalue weighted by Crippen LogP contribution is -2.25. The van der Waals surface area contributed by atoms with Gasteiger partial charge in [0.1, 0.15) is 11.2 Å². The Balaban J connectivity index is 1.54. The van der Waals surface area contributed by atoms with E-state index in [1.807, 2.05) is 61.5 Å². The maximum atomic E-state index is 14.6. The highest BCUT2D eigenvalue weighted by Crippen LogP contribution is 2.37. The van der Waals surface area contributed by atoms with Crippen LogP contribution in [0.5, 0.6) is 0 Å². The van der Waals surface area contributed by atoms with Crippen LogP contribution in [0.15, 0.2) is 106 Å². The molecule has 0 unspecified atom stereocenters. The number of alkyl halides is 3. The van der Waals surface area contributed by atoms with Crippen LogP contribution in [0.4, 0.5) is 13.2 Å². The zero-order valence-corrected chi connectivity index (χ0v) is 21.4. The molecule has 0 radical (unpaired) electrons. The number of aromatic nitrogens is 4. The van der Waals surface area contributed by atoms with Crippen LogP contribution in [-0.2, 0) is 19.3 Å². The minimum atomic E-state index is -4.74. The van der Waals surface area contributed by atoms with E-state index >= 15 is 0 Å². The summed E-state index contributed by atoms with van der Waals surface area (Å²) in [5.74, 6) is 0.247. The number of nitrogens with zero attached hydrogens (tertiary/aromatic N) is 4. The molecule has 9 heteroatoms. The third-order valence-electron chi connectivity index (χ3n) is 6.74. The van der Waals surface area contributed by atoms with Crippen molar-refractivity contribution in [3.05, 3.63) is 130 Å². The molecule has 0 amide bonds. The number of hydrogen-bond donors (Lipinski definition) is 0. The van der Waals surface area contributed by atoms with Gasteiger partial charge in [-0.05, 0) is 18.6 Å². The Hall–Kier alpha value is -4.92. The number of imidazole rings is 1. The van der Waals surface area contributed by atoms with Crippen LogP contribution in [0.1, 0.15) is 22.5 Å². The molecular formula is C31H23F3N4O2. The largest absolute Gasteiger partial charge is 0.418 e. The van der Waals surface area contributed by atoms with Gasteiger partial charge in [-0.3, -0.25) is 9.13 Å². The van der Waals surface area contributed by atoms with Gasteiger partial charge in [-0.25, -0.2) is 9.78 Å². The fourth-order valence-corrected chi connectivity index (χ4v) is 4.74. The van der Waals surface area contributed by atoms with Crippen LogP contribution in [-0.4, -0.2) is 19.3 Å². The van der Waals surface area contributed by atoms with Crippen molar-refractivity contribution < 1.29 is 17.7 Å². The summed E-state index contributed by atoms with van der Waals surface area (Å²) in [4.78, 5) is 18.4. The number of fused-ring (bicyclic) bond motifs is 1. The van der Waals surface area contributed by atoms with Gasteiger partial charge < -0.3 is 4.52 Å². The van der Waals surface area contributed by atoms with Crippen LogP contribution in [0, 0.1) is 6.92 Å². The van der Waals surface area contributed by atoms with Crippen LogP contribution >= 0.6 is 0 Å². The van der Waals surface area contributed by atoms with Gasteiger partial charge in [-0.1, -0.05) is 95.6 Å². The Kier molecular flexibility index (Phi) is 6.34. The van der Waals surface area contributed by atoms with Crippen LogP contribution in [0.3, 0.4) is 0 Å². The molecule has 0 saturated carbocycles. The first-order valence-electron chi connectivity index (χ1n) is 12.6. The van der Waals surface area contributed by atoms with Gasteiger partial charge in [0.05, 0.1) is 24.3 Å². The summed E-state index contributed by atoms with van der Waals surface area (Å²) in [5, 5.41) is 4.09. The van der Waals surface area contributed by atoms with Crippen molar-refractivity contribution in [2.45, 2.75) is 26.2 Å². The van der Waals surface area contributed by atoms with Crippen molar-refractivity contribution >= 4 is 11.2 Å². The van der Waals surface area contributed by atoms with Crippen molar-refractivity contribution in [3.63, 3.8) is 0 Å². The fourth-order valence-electron chi connectivity index (χ4n) is 4.74. The standard InChI is InChI=1S/C31H23F3N4O2/c1-20-12-14-23(15-13-20)27-16-24(40-36-27)19-37-28-25(31(32,33)34)17-26(22-10-6-3-7-11-22)35-29(28)38(30(37)39)18-21-8-4-2-5-9-21/h2-17H,18-19H2,1H3. The molecule has 0 fully saturated rings. The van der Waals surface area contributed by atoms with Crippen molar-refractivity contribution in [1.82, 2.24) is 19.3 Å². The maximum Gasteiger partial charge on any atom is 0.418 e. The molecule has 0 N–H and O–H groups in total. The van der Waals surface area contributed by atoms with Crippen molar-refractivity contribution in [2.24, 2.45) is 0 Å². The molecule has 6 nitrogen and oxygen atoms in total. The number of halogens is 3. The minimum absolute atomic E-state index is 0.0523. The van der Waals surface area contributed by atoms with Crippen LogP contribution < -0.4 is 5.69 Å². The molecule has 0 bridgehead atoms. The molecule has 0 spiro atoms. The Morgan fingerprint density at radius 2 is 1.43 bits per heavy atom. The lowest BCUT2D eigenvalue weighted by molar-refractivity contribution is -0.136. The molecule has 0 atom stereocenters. The van der Waals surface area contributed by atoms with Gasteiger partial charge in [0, 0.05) is 17.2 Å². The SMILES string of the molecule is Cc1ccc(-c2cc(Cn3c(=O)n(Cc4ccccc4)c4nc(-c5ccccc5)cc(C(F)(F)F)c43)on2)cc1. The normalized spacial score (nSPS) is 11.8. The second-order valence-electron chi connectivity index (χ2n) is 9.58. The Labute approximate surface area is 226 Å². The third-order valence-corrected chi connectivity index (χ3v) is 6.74. The summed E-state index contributed by atoms with van der Waals surface area (Å²) in [5.41, 5.74) is 1.86. The van der Waals surface area contributed by atoms with E-state index in [1.165, 1.54) is 4.57 Å². The average molecular weight is 541 g/mol. The summed E-state index contributed by atoms with van der Waals surface area (Å²) in [6.07, 6.45) is -4.74. The monoisotopic (exact) mass is 540 g/mol. The van der Waals surface area contributed by atoms with Crippen molar-refractivity contribution in [1.29, 1.82) is 0 Å². The van der Waals surface area contributed by atoms with Crippen molar-refractivity contribution in [2.75, 3.05) is 0 Å². The topological polar surface area (TPSA) is 65.8 Å². The molecule has 0 aliphatic heterocycles. The van der Waals surface area contributed by atoms with Gasteiger partial charge >= 0.3 is 11.9 Å². The summed E-state index contributed by atoms with van der Waals surface area (Å²) in [6, 6.07) is 27.9. The lowest BCUT2D eigenvalue weighted by atomic mass is 10.1. The molecule has 6 aromatic rings. The third kappa shape index (κ3) is 4.82. The summed E-state index contributed by atoms with van der Waals surface area (Å²) < 4.78 is 51.5. The predicted molar refractivity (Wildman–Crippen MR) is 146 cm³/mol. The Morgan fingerprint density at radius 3 is 2.10 bits per heavy atom. The first-order valence-corrected chi connectivity index (χ1v) is 12.6. The minimum Gasteiger partial charge on any atom is -0.359 e. The van der Waals surface area contributed by atoms with E-state index in [0.29, 0.717) is 11.3 Å². The number of benzene rings is 3. The molecular weight excluding hydrogens is 517 g/mol. The molecule has 3 heterocycles. The summed E-state index contributed by atoms with van der Waals surface area (Å²) >= 11 is 0. The smallest absolute Gasteiger partial charge is 0.359 e. The van der Waals surface area contributed by atoms with E-state index in [9.17, 15) is 18.0 Å². The number of rotatable bonds is 6. The van der Waals surface area contributed by atoms with Crippen LogP contribution in [0.25, 0.3) is 33.7 Å². The van der Waals surface area contributed by atoms with Gasteiger partial charge in [0.25, 0.3) is 0 Å². The second-order valence-corrected chi connectivity index (χ2v) is 9.58. The molecule has 40 heavy (non-hydrogen) atoms. The second kappa shape index (κ2) is 10.00. The van der Waals surface area contributed by atoms with Crippen molar-refractivity contribution in [3.8, 4) is 22.5 Å². The number of hydrogen-bond acceptors (Lipinski definition) is 4. The molecule has 6 rings (SSSR count). The molecule has 3 aromatic heterocycles. The quantitative estimate of drug-likeness (QED) is 0.230. The van der Waals surface area contributed by atoms with E-state index in [1.54, 1.807) is 36.4 Å². The number of aryl methyl sites for hydroxylation is 1. The Morgan fingerprint density at radius 1 is 0.775 bits per heavy atom. The predicted octanol–water partition coefficient (Wildman–Crippen LogP) is 6.94. The van der Waals surface area contributed by atoms with Gasteiger partial charge in [-0.2, -0.15) is 13.2 Å². The fraction of sp³-hybridized carbons (Fsp3) is 0.129. The highest BCUT2D eigenvalue weighted by Gasteiger charge is 2.37. The van der Waals surface area contributed by atoms with E-state index in [0.717, 1.165) is 27.3 Å². The summed E-state index contributed by atoms with van der Waals surface area (Å²) in [6.45, 7) is 1.77. The van der Waals surface area contributed by atoms with Gasteiger partial charge in [0.15, 0.2) is 11.4 Å². The maximum absolute atomic E-state index is 14.6. The zero-order valence-electron chi connectivity index (χ0n) is 21.4.